The van der Waals surface area contributed by atoms with E-state index < -0.39 is 54.1 Å². The van der Waals surface area contributed by atoms with E-state index in [0.29, 0.717) is 0 Å². The summed E-state index contributed by atoms with van der Waals surface area (Å²) in [4.78, 5) is 0. The zero-order chi connectivity index (χ0) is 15.0. The van der Waals surface area contributed by atoms with Gasteiger partial charge in [-0.1, -0.05) is 12.1 Å². The van der Waals surface area contributed by atoms with E-state index >= 15 is 0 Å². The van der Waals surface area contributed by atoms with Crippen LogP contribution in [0.4, 0.5) is 0 Å². The monoisotopic (exact) mass is 143 g/mol. The molecule has 1 heteroatoms. The van der Waals surface area contributed by atoms with E-state index in [0.717, 1.165) is 0 Å². The Morgan fingerprint density at radius 1 is 1.50 bits per heavy atom. The van der Waals surface area contributed by atoms with Crippen molar-refractivity contribution in [1.29, 1.82) is 0 Å². The molecule has 0 amide bonds. The van der Waals surface area contributed by atoms with Crippen LogP contribution in [0.2, 0.25) is 0 Å². The first-order valence-corrected chi connectivity index (χ1v) is 2.72. The Morgan fingerprint density at radius 3 is 2.60 bits per heavy atom. The largest absolute Gasteiger partial charge is 0.508 e. The summed E-state index contributed by atoms with van der Waals surface area (Å²) in [6.45, 7) is 0. The zero-order valence-corrected chi connectivity index (χ0v) is 4.95. The second-order valence-corrected chi connectivity index (χ2v) is 1.85. The molecule has 1 aromatic rings. The molecule has 52 valence electrons. The van der Waals surface area contributed by atoms with Gasteiger partial charge in [0.05, 0.1) is 5.48 Å². The van der Waals surface area contributed by atoms with Crippen molar-refractivity contribution in [2.45, 2.75) is 18.6 Å². The summed E-state index contributed by atoms with van der Waals surface area (Å²) in [6, 6.07) is -3.19. The zero-order valence-electron chi connectivity index (χ0n) is 13.9. The van der Waals surface area contributed by atoms with Gasteiger partial charge in [0.25, 0.3) is 0 Å². The molecule has 0 atom stereocenters. The second-order valence-electron chi connectivity index (χ2n) is 1.85. The van der Waals surface area contributed by atoms with Crippen LogP contribution in [-0.4, -0.2) is 5.11 Å². The fourth-order valence-corrected chi connectivity index (χ4v) is 0.587. The maximum Gasteiger partial charge on any atom is 0.115 e. The number of hydrogen-bond acceptors (Lipinski definition) is 1. The summed E-state index contributed by atoms with van der Waals surface area (Å²) in [5.74, 6) is -3.42. The summed E-state index contributed by atoms with van der Waals surface area (Å²) >= 11 is 0. The molecule has 1 N–H and O–H groups in total. The van der Waals surface area contributed by atoms with Gasteiger partial charge in [0.1, 0.15) is 5.75 Å². The molecular formula is C9H10O. The predicted octanol–water partition coefficient (Wildman–Crippen LogP) is 2.27. The van der Waals surface area contributed by atoms with Crippen LogP contribution in [0.5, 0.6) is 5.75 Å². The third-order valence-corrected chi connectivity index (χ3v) is 1.11. The average Bonchev–Trinajstić information content (AvgIpc) is 2.62. The number of hydrogen-bond donors (Lipinski definition) is 1. The molecule has 10 heavy (non-hydrogen) atoms. The summed E-state index contributed by atoms with van der Waals surface area (Å²) in [7, 11) is 0. The van der Waals surface area contributed by atoms with E-state index in [-0.39, 0.29) is 0 Å². The molecule has 0 spiro atoms. The van der Waals surface area contributed by atoms with E-state index in [1.165, 1.54) is 0 Å². The number of phenols is 1. The third-order valence-electron chi connectivity index (χ3n) is 1.11. The molecule has 0 aliphatic heterocycles. The molecule has 0 radical (unpaired) electrons. The number of phenolic OH excluding ortho intramolecular Hbond substituents is 1. The van der Waals surface area contributed by atoms with Crippen molar-refractivity contribution in [3.05, 3.63) is 29.7 Å². The highest BCUT2D eigenvalue weighted by molar-refractivity contribution is 5.30. The molecule has 1 saturated carbocycles. The first kappa shape index (κ1) is 1.60. The normalized spacial score (nSPS) is 43.4. The van der Waals surface area contributed by atoms with Crippen LogP contribution in [0.25, 0.3) is 0 Å². The molecule has 1 nitrogen and oxygen atoms in total. The molecule has 0 saturated heterocycles. The quantitative estimate of drug-likeness (QED) is 0.639. The molecule has 0 unspecified atom stereocenters. The van der Waals surface area contributed by atoms with Crippen LogP contribution in [0, 0.1) is 0 Å². The van der Waals surface area contributed by atoms with Crippen LogP contribution >= 0.6 is 0 Å². The molecule has 1 fully saturated rings. The second kappa shape index (κ2) is 2.01. The Labute approximate surface area is 73.0 Å². The maximum atomic E-state index is 9.38. The van der Waals surface area contributed by atoms with Crippen LogP contribution in [0.3, 0.4) is 0 Å². The SMILES string of the molecule is [2H]c1c([2H])c(C2([2H])C([2H])([2H])C2([2H])[2H])c([2H])c([2H])c1O. The standard InChI is InChI=1S/C9H10O/c10-9-5-3-8(4-6-9)7-1-2-7/h3-7,10H,1-2H2/i1D2,2D2,3D,4D,5D,6D,7D. The van der Waals surface area contributed by atoms with Gasteiger partial charge >= 0.3 is 0 Å². The number of benzene rings is 1. The van der Waals surface area contributed by atoms with Crippen LogP contribution in [0.1, 0.15) is 36.5 Å². The Kier molecular flexibility index (Phi) is 0.322. The number of rotatable bonds is 1. The molecular weight excluding hydrogens is 124 g/mol. The number of aromatic hydroxyl groups is 1. The van der Waals surface area contributed by atoms with Crippen molar-refractivity contribution in [3.63, 3.8) is 0 Å². The molecule has 2 rings (SSSR count). The molecule has 1 aliphatic carbocycles. The molecule has 0 aromatic heterocycles. The van der Waals surface area contributed by atoms with E-state index in [2.05, 4.69) is 0 Å². The summed E-state index contributed by atoms with van der Waals surface area (Å²) < 4.78 is 67.9. The molecule has 0 heterocycles. The smallest absolute Gasteiger partial charge is 0.115 e. The molecule has 1 aliphatic rings. The Hall–Kier alpha value is -0.980. The topological polar surface area (TPSA) is 20.2 Å². The van der Waals surface area contributed by atoms with Crippen molar-refractivity contribution in [2.24, 2.45) is 0 Å². The van der Waals surface area contributed by atoms with Crippen LogP contribution in [-0.2, 0) is 0 Å². The maximum absolute atomic E-state index is 9.38. The summed E-state index contributed by atoms with van der Waals surface area (Å²) in [5, 5.41) is 9.38. The highest BCUT2D eigenvalue weighted by Gasteiger charge is 2.22. The third kappa shape index (κ3) is 0.991. The van der Waals surface area contributed by atoms with Gasteiger partial charge in [-0.3, -0.25) is 0 Å². The van der Waals surface area contributed by atoms with Gasteiger partial charge in [-0.05, 0) is 36.3 Å². The lowest BCUT2D eigenvalue weighted by Gasteiger charge is -1.95. The van der Waals surface area contributed by atoms with Crippen molar-refractivity contribution < 1.29 is 17.4 Å². The average molecular weight is 143 g/mol. The minimum absolute atomic E-state index is 0.671. The van der Waals surface area contributed by atoms with E-state index in [9.17, 15) is 5.11 Å². The van der Waals surface area contributed by atoms with Gasteiger partial charge in [0, 0.05) is 6.85 Å². The Bertz CT molecular complexity index is 537. The van der Waals surface area contributed by atoms with Crippen LogP contribution in [0.15, 0.2) is 24.2 Å². The fraction of sp³-hybridized carbons (Fsp3) is 0.333. The minimum Gasteiger partial charge on any atom is -0.508 e. The van der Waals surface area contributed by atoms with Gasteiger partial charge < -0.3 is 5.11 Å². The lowest BCUT2D eigenvalue weighted by Crippen LogP contribution is -1.75. The van der Waals surface area contributed by atoms with Gasteiger partial charge in [0.2, 0.25) is 0 Å². The van der Waals surface area contributed by atoms with Crippen molar-refractivity contribution in [1.82, 2.24) is 0 Å². The molecule has 0 bridgehead atoms. The predicted molar refractivity (Wildman–Crippen MR) is 40.1 cm³/mol. The van der Waals surface area contributed by atoms with E-state index in [1.807, 2.05) is 0 Å². The summed E-state index contributed by atoms with van der Waals surface area (Å²) in [6.07, 6.45) is -5.25. The van der Waals surface area contributed by atoms with Crippen molar-refractivity contribution >= 4 is 0 Å². The molecule has 1 aromatic carbocycles. The fourth-order valence-electron chi connectivity index (χ4n) is 0.587. The van der Waals surface area contributed by atoms with Crippen molar-refractivity contribution in [2.75, 3.05) is 0 Å². The highest BCUT2D eigenvalue weighted by atomic mass is 16.3. The van der Waals surface area contributed by atoms with Gasteiger partial charge in [-0.2, -0.15) is 0 Å². The lowest BCUT2D eigenvalue weighted by molar-refractivity contribution is 0.475. The van der Waals surface area contributed by atoms with Gasteiger partial charge in [-0.15, -0.1) is 0 Å². The Morgan fingerprint density at radius 2 is 2.10 bits per heavy atom. The lowest BCUT2D eigenvalue weighted by atomic mass is 10.1. The van der Waals surface area contributed by atoms with E-state index in [1.54, 1.807) is 0 Å². The first-order chi connectivity index (χ1) is 8.43. The highest BCUT2D eigenvalue weighted by Crippen LogP contribution is 2.40. The van der Waals surface area contributed by atoms with Crippen molar-refractivity contribution in [3.8, 4) is 5.75 Å². The first-order valence-electron chi connectivity index (χ1n) is 7.22. The van der Waals surface area contributed by atoms with Crippen LogP contribution < -0.4 is 0 Å². The Balaban J connectivity index is 2.81. The summed E-state index contributed by atoms with van der Waals surface area (Å²) in [5.41, 5.74) is -0.671. The van der Waals surface area contributed by atoms with E-state index in [4.69, 9.17) is 12.3 Å². The van der Waals surface area contributed by atoms with Gasteiger partial charge in [-0.25, -0.2) is 0 Å². The van der Waals surface area contributed by atoms with Gasteiger partial charge in [0.15, 0.2) is 0 Å². The minimum atomic E-state index is -2.62.